The van der Waals surface area contributed by atoms with Gasteiger partial charge in [0.2, 0.25) is 0 Å². The first kappa shape index (κ1) is 20.9. The number of H-pyrrole nitrogens is 1. The largest absolute Gasteiger partial charge is 0.497 e. The Labute approximate surface area is 176 Å². The van der Waals surface area contributed by atoms with E-state index in [0.29, 0.717) is 46.5 Å². The molecule has 2 amide bonds. The van der Waals surface area contributed by atoms with Crippen molar-refractivity contribution in [3.63, 3.8) is 0 Å². The van der Waals surface area contributed by atoms with E-state index >= 15 is 0 Å². The number of carbonyl (C=O) groups is 1. The highest BCUT2D eigenvalue weighted by Gasteiger charge is 2.49. The van der Waals surface area contributed by atoms with Crippen LogP contribution in [-0.2, 0) is 6.42 Å². The number of amides is 2. The monoisotopic (exact) mass is 433 g/mol. The van der Waals surface area contributed by atoms with E-state index in [2.05, 4.69) is 10.3 Å². The third kappa shape index (κ3) is 3.87. The van der Waals surface area contributed by atoms with Crippen molar-refractivity contribution in [3.8, 4) is 11.5 Å². The van der Waals surface area contributed by atoms with Crippen LogP contribution in [0.5, 0.6) is 11.5 Å². The minimum absolute atomic E-state index is 0.0107. The van der Waals surface area contributed by atoms with Crippen molar-refractivity contribution in [1.82, 2.24) is 9.88 Å². The van der Waals surface area contributed by atoms with Crippen LogP contribution < -0.4 is 14.8 Å². The maximum absolute atomic E-state index is 14.3. The van der Waals surface area contributed by atoms with E-state index in [4.69, 9.17) is 9.47 Å². The Balaban J connectivity index is 1.76. The summed E-state index contributed by atoms with van der Waals surface area (Å²) in [4.78, 5) is 16.7. The number of carbonyl (C=O) groups excluding carboxylic acids is 1. The minimum atomic E-state index is -4.66. The first-order valence-electron chi connectivity index (χ1n) is 9.79. The van der Waals surface area contributed by atoms with Gasteiger partial charge in [-0.25, -0.2) is 4.79 Å². The number of hydrogen-bond donors (Lipinski definition) is 2. The Kier molecular flexibility index (Phi) is 5.43. The second-order valence-corrected chi connectivity index (χ2v) is 7.30. The second-order valence-electron chi connectivity index (χ2n) is 7.30. The molecule has 0 aliphatic carbocycles. The molecule has 6 nitrogen and oxygen atoms in total. The van der Waals surface area contributed by atoms with Crippen LogP contribution in [0.1, 0.15) is 23.7 Å². The van der Waals surface area contributed by atoms with Gasteiger partial charge in [0.15, 0.2) is 6.04 Å². The number of aryl methyl sites for hydroxylation is 1. The Bertz CT molecular complexity index is 1110. The number of nitrogens with zero attached hydrogens (tertiary/aromatic N) is 1. The van der Waals surface area contributed by atoms with Gasteiger partial charge in [0.05, 0.1) is 25.6 Å². The number of halogens is 3. The lowest BCUT2D eigenvalue weighted by atomic mass is 10.0. The Hall–Kier alpha value is -3.36. The van der Waals surface area contributed by atoms with Gasteiger partial charge in [-0.2, -0.15) is 13.2 Å². The number of rotatable bonds is 3. The third-order valence-electron chi connectivity index (χ3n) is 5.48. The number of fused-ring (bicyclic) bond motifs is 3. The van der Waals surface area contributed by atoms with Gasteiger partial charge in [-0.1, -0.05) is 12.1 Å². The molecule has 0 saturated carbocycles. The highest BCUT2D eigenvalue weighted by molar-refractivity contribution is 5.92. The first-order chi connectivity index (χ1) is 14.8. The maximum Gasteiger partial charge on any atom is 0.414 e. The number of para-hydroxylation sites is 2. The van der Waals surface area contributed by atoms with Gasteiger partial charge in [-0.3, -0.25) is 0 Å². The fraction of sp³-hybridized carbons (Fsp3) is 0.318. The molecule has 0 radical (unpaired) electrons. The van der Waals surface area contributed by atoms with Crippen LogP contribution in [0, 0.1) is 0 Å². The number of urea groups is 1. The molecule has 0 spiro atoms. The number of ether oxygens (including phenoxy) is 2. The van der Waals surface area contributed by atoms with Gasteiger partial charge in [0, 0.05) is 17.4 Å². The van der Waals surface area contributed by atoms with Crippen molar-refractivity contribution in [2.24, 2.45) is 0 Å². The summed E-state index contributed by atoms with van der Waals surface area (Å²) in [6.45, 7) is -0.0425. The summed E-state index contributed by atoms with van der Waals surface area (Å²) >= 11 is 0. The fourth-order valence-corrected chi connectivity index (χ4v) is 4.08. The lowest BCUT2D eigenvalue weighted by Crippen LogP contribution is -2.44. The van der Waals surface area contributed by atoms with Crippen molar-refractivity contribution >= 4 is 22.6 Å². The van der Waals surface area contributed by atoms with E-state index in [1.165, 1.54) is 14.2 Å². The van der Waals surface area contributed by atoms with E-state index in [9.17, 15) is 18.0 Å². The molecule has 0 fully saturated rings. The second kappa shape index (κ2) is 8.05. The lowest BCUT2D eigenvalue weighted by molar-refractivity contribution is -0.178. The molecule has 1 aromatic heterocycles. The number of aromatic nitrogens is 1. The van der Waals surface area contributed by atoms with Crippen LogP contribution in [0.15, 0.2) is 42.5 Å². The van der Waals surface area contributed by atoms with Crippen molar-refractivity contribution in [3.05, 3.63) is 53.7 Å². The molecule has 31 heavy (non-hydrogen) atoms. The number of benzene rings is 2. The van der Waals surface area contributed by atoms with Crippen molar-refractivity contribution < 1.29 is 27.4 Å². The number of aromatic amines is 1. The van der Waals surface area contributed by atoms with Crippen molar-refractivity contribution in [1.29, 1.82) is 0 Å². The van der Waals surface area contributed by atoms with Crippen LogP contribution in [0.2, 0.25) is 0 Å². The quantitative estimate of drug-likeness (QED) is 0.592. The number of anilines is 1. The SMILES string of the molecule is COc1ccc2[nH]c3c(c2c1)CCCN(C(=O)Nc1ccccc1OC)C3C(F)(F)F. The Morgan fingerprint density at radius 2 is 1.94 bits per heavy atom. The molecule has 0 bridgehead atoms. The van der Waals surface area contributed by atoms with Crippen LogP contribution in [0.4, 0.5) is 23.7 Å². The summed E-state index contributed by atoms with van der Waals surface area (Å²) in [6, 6.07) is 8.76. The van der Waals surface area contributed by atoms with E-state index in [0.717, 1.165) is 4.90 Å². The predicted octanol–water partition coefficient (Wildman–Crippen LogP) is 5.27. The zero-order valence-corrected chi connectivity index (χ0v) is 17.0. The predicted molar refractivity (Wildman–Crippen MR) is 111 cm³/mol. The Morgan fingerprint density at radius 3 is 2.65 bits per heavy atom. The van der Waals surface area contributed by atoms with Gasteiger partial charge in [0.25, 0.3) is 0 Å². The average Bonchev–Trinajstić information content (AvgIpc) is 2.96. The van der Waals surface area contributed by atoms with Crippen LogP contribution in [0.3, 0.4) is 0 Å². The molecule has 4 rings (SSSR count). The zero-order chi connectivity index (χ0) is 22.2. The first-order valence-corrected chi connectivity index (χ1v) is 9.79. The van der Waals surface area contributed by atoms with E-state index < -0.39 is 18.2 Å². The van der Waals surface area contributed by atoms with Gasteiger partial charge in [-0.15, -0.1) is 0 Å². The summed E-state index contributed by atoms with van der Waals surface area (Å²) < 4.78 is 53.3. The standard InChI is InChI=1S/C22H22F3N3O3/c1-30-13-9-10-16-15(12-13)14-6-5-11-28(20(19(14)26-16)22(23,24)25)21(29)27-17-7-3-4-8-18(17)31-2/h3-4,7-10,12,20,26H,5-6,11H2,1-2H3,(H,27,29). The van der Waals surface area contributed by atoms with Crippen LogP contribution >= 0.6 is 0 Å². The third-order valence-corrected chi connectivity index (χ3v) is 5.48. The molecule has 1 aliphatic heterocycles. The molecule has 2 N–H and O–H groups in total. The van der Waals surface area contributed by atoms with Gasteiger partial charge in [-0.05, 0) is 48.7 Å². The highest BCUT2D eigenvalue weighted by Crippen LogP contribution is 2.43. The van der Waals surface area contributed by atoms with Crippen LogP contribution in [0.25, 0.3) is 10.9 Å². The van der Waals surface area contributed by atoms with Gasteiger partial charge in [0.1, 0.15) is 11.5 Å². The summed E-state index contributed by atoms with van der Waals surface area (Å²) in [6.07, 6.45) is -3.86. The zero-order valence-electron chi connectivity index (χ0n) is 17.0. The van der Waals surface area contributed by atoms with Gasteiger partial charge >= 0.3 is 12.2 Å². The molecule has 9 heteroatoms. The van der Waals surface area contributed by atoms with E-state index in [-0.39, 0.29) is 12.2 Å². The lowest BCUT2D eigenvalue weighted by Gasteiger charge is -2.31. The number of methoxy groups -OCH3 is 2. The molecule has 2 aromatic carbocycles. The molecular weight excluding hydrogens is 411 g/mol. The molecule has 0 saturated heterocycles. The number of hydrogen-bond acceptors (Lipinski definition) is 3. The maximum atomic E-state index is 14.3. The summed E-state index contributed by atoms with van der Waals surface area (Å²) in [5, 5.41) is 3.25. The molecular formula is C22H22F3N3O3. The molecule has 3 aromatic rings. The molecule has 164 valence electrons. The van der Waals surface area contributed by atoms with Gasteiger partial charge < -0.3 is 24.7 Å². The molecule has 2 heterocycles. The summed E-state index contributed by atoms with van der Waals surface area (Å²) in [5.74, 6) is 0.931. The number of alkyl halides is 3. The molecule has 1 atom stereocenters. The van der Waals surface area contributed by atoms with Crippen molar-refractivity contribution in [2.75, 3.05) is 26.1 Å². The summed E-state index contributed by atoms with van der Waals surface area (Å²) in [7, 11) is 2.94. The number of nitrogens with one attached hydrogen (secondary N) is 2. The highest BCUT2D eigenvalue weighted by atomic mass is 19.4. The smallest absolute Gasteiger partial charge is 0.414 e. The minimum Gasteiger partial charge on any atom is -0.497 e. The van der Waals surface area contributed by atoms with Crippen LogP contribution in [-0.4, -0.2) is 42.9 Å². The van der Waals surface area contributed by atoms with E-state index in [1.807, 2.05) is 0 Å². The Morgan fingerprint density at radius 1 is 1.16 bits per heavy atom. The molecule has 1 unspecified atom stereocenters. The normalized spacial score (nSPS) is 16.5. The summed E-state index contributed by atoms with van der Waals surface area (Å²) in [5.41, 5.74) is 1.43. The topological polar surface area (TPSA) is 66.6 Å². The van der Waals surface area contributed by atoms with Crippen molar-refractivity contribution in [2.45, 2.75) is 25.1 Å². The van der Waals surface area contributed by atoms with E-state index in [1.54, 1.807) is 42.5 Å². The fourth-order valence-electron chi connectivity index (χ4n) is 4.08. The average molecular weight is 433 g/mol. The molecule has 1 aliphatic rings.